The van der Waals surface area contributed by atoms with Crippen molar-refractivity contribution in [2.45, 2.75) is 25.9 Å². The van der Waals surface area contributed by atoms with Crippen LogP contribution in [0.15, 0.2) is 82.8 Å². The number of furan rings is 1. The second-order valence-corrected chi connectivity index (χ2v) is 8.11. The Kier molecular flexibility index (Phi) is 6.37. The molecule has 1 amide bonds. The van der Waals surface area contributed by atoms with Crippen LogP contribution in [0.4, 0.5) is 5.69 Å². The van der Waals surface area contributed by atoms with Gasteiger partial charge >= 0.3 is 0 Å². The lowest BCUT2D eigenvalue weighted by Crippen LogP contribution is -2.83. The molecule has 1 atom stereocenters. The van der Waals surface area contributed by atoms with Crippen LogP contribution >= 0.6 is 11.3 Å². The van der Waals surface area contributed by atoms with Crippen molar-refractivity contribution in [1.82, 2.24) is 4.98 Å². The van der Waals surface area contributed by atoms with Gasteiger partial charge in [-0.25, -0.2) is 4.98 Å². The maximum Gasteiger partial charge on any atom is 0.231 e. The molecular weight excluding hydrogens is 394 g/mol. The number of amides is 1. The van der Waals surface area contributed by atoms with Crippen molar-refractivity contribution in [3.8, 4) is 0 Å². The van der Waals surface area contributed by atoms with Crippen molar-refractivity contribution in [2.75, 3.05) is 5.32 Å². The Balaban J connectivity index is 1.36. The van der Waals surface area contributed by atoms with Crippen LogP contribution in [0, 0.1) is 6.92 Å². The molecule has 0 aliphatic heterocycles. The van der Waals surface area contributed by atoms with Crippen molar-refractivity contribution in [3.63, 3.8) is 0 Å². The third-order valence-electron chi connectivity index (χ3n) is 4.82. The van der Waals surface area contributed by atoms with E-state index in [1.165, 1.54) is 16.9 Å². The minimum Gasteiger partial charge on any atom is -0.463 e. The molecule has 152 valence electrons. The highest BCUT2D eigenvalue weighted by Gasteiger charge is 2.20. The first-order valence-electron chi connectivity index (χ1n) is 9.89. The van der Waals surface area contributed by atoms with Gasteiger partial charge in [0.1, 0.15) is 17.2 Å². The predicted molar refractivity (Wildman–Crippen MR) is 118 cm³/mol. The summed E-state index contributed by atoms with van der Waals surface area (Å²) in [6.07, 6.45) is 1.98. The molecule has 0 spiro atoms. The van der Waals surface area contributed by atoms with Crippen molar-refractivity contribution in [3.05, 3.63) is 106 Å². The molecule has 0 aliphatic carbocycles. The van der Waals surface area contributed by atoms with Gasteiger partial charge in [0.25, 0.3) is 0 Å². The molecule has 4 rings (SSSR count). The molecule has 0 saturated heterocycles. The lowest BCUT2D eigenvalue weighted by molar-refractivity contribution is -0.704. The number of thiazole rings is 1. The molecule has 0 radical (unpaired) electrons. The molecule has 2 aromatic heterocycles. The zero-order valence-corrected chi connectivity index (χ0v) is 17.6. The van der Waals surface area contributed by atoms with Crippen molar-refractivity contribution in [1.29, 1.82) is 0 Å². The lowest BCUT2D eigenvalue weighted by Gasteiger charge is -2.13. The number of nitrogens with two attached hydrogens (primary N) is 1. The molecule has 30 heavy (non-hydrogen) atoms. The van der Waals surface area contributed by atoms with Crippen LogP contribution in [0.5, 0.6) is 0 Å². The fraction of sp³-hybridized carbons (Fsp3) is 0.167. The maximum absolute atomic E-state index is 12.3. The zero-order chi connectivity index (χ0) is 20.8. The van der Waals surface area contributed by atoms with Gasteiger partial charge in [-0.3, -0.25) is 4.79 Å². The Hall–Kier alpha value is -3.22. The summed E-state index contributed by atoms with van der Waals surface area (Å²) in [5, 5.41) is 7.97. The minimum absolute atomic E-state index is 0.0542. The van der Waals surface area contributed by atoms with E-state index < -0.39 is 0 Å². The van der Waals surface area contributed by atoms with Crippen molar-refractivity contribution in [2.24, 2.45) is 0 Å². The van der Waals surface area contributed by atoms with Crippen LogP contribution in [0.3, 0.4) is 0 Å². The number of nitrogens with one attached hydrogen (secondary N) is 1. The fourth-order valence-corrected chi connectivity index (χ4v) is 4.09. The lowest BCUT2D eigenvalue weighted by atomic mass is 10.0. The number of carbonyl (C=O) groups excluding carboxylic acids is 1. The zero-order valence-electron chi connectivity index (χ0n) is 16.7. The van der Waals surface area contributed by atoms with Gasteiger partial charge in [-0.05, 0) is 31.2 Å². The van der Waals surface area contributed by atoms with Crippen LogP contribution in [-0.4, -0.2) is 10.9 Å². The molecule has 0 fully saturated rings. The molecule has 4 aromatic rings. The summed E-state index contributed by atoms with van der Waals surface area (Å²) < 4.78 is 5.66. The number of rotatable bonds is 8. The average Bonchev–Trinajstić information content (AvgIpc) is 3.43. The van der Waals surface area contributed by atoms with E-state index in [4.69, 9.17) is 4.42 Å². The Morgan fingerprint density at radius 1 is 1.10 bits per heavy atom. The maximum atomic E-state index is 12.3. The van der Waals surface area contributed by atoms with E-state index in [2.05, 4.69) is 27.8 Å². The molecule has 2 aromatic carbocycles. The summed E-state index contributed by atoms with van der Waals surface area (Å²) in [5.41, 5.74) is 4.11. The first-order chi connectivity index (χ1) is 14.7. The van der Waals surface area contributed by atoms with Gasteiger partial charge in [0.15, 0.2) is 11.8 Å². The van der Waals surface area contributed by atoms with Crippen LogP contribution in [0.25, 0.3) is 0 Å². The normalized spacial score (nSPS) is 11.9. The van der Waals surface area contributed by atoms with E-state index in [9.17, 15) is 4.79 Å². The highest BCUT2D eigenvalue weighted by molar-refractivity contribution is 7.09. The fourth-order valence-electron chi connectivity index (χ4n) is 3.29. The van der Waals surface area contributed by atoms with E-state index in [0.29, 0.717) is 6.54 Å². The minimum atomic E-state index is -0.0542. The quantitative estimate of drug-likeness (QED) is 0.453. The van der Waals surface area contributed by atoms with Crippen molar-refractivity contribution < 1.29 is 14.5 Å². The molecular formula is C24H24N3O2S+. The highest BCUT2D eigenvalue weighted by Crippen LogP contribution is 2.19. The molecule has 6 heteroatoms. The van der Waals surface area contributed by atoms with Gasteiger partial charge in [-0.15, -0.1) is 11.3 Å². The first-order valence-corrected chi connectivity index (χ1v) is 10.8. The number of benzene rings is 2. The van der Waals surface area contributed by atoms with Gasteiger partial charge in [0.05, 0.1) is 12.7 Å². The van der Waals surface area contributed by atoms with Crippen LogP contribution in [-0.2, 0) is 17.8 Å². The largest absolute Gasteiger partial charge is 0.463 e. The molecule has 3 N–H and O–H groups in total. The van der Waals surface area contributed by atoms with E-state index in [1.54, 1.807) is 6.26 Å². The second-order valence-electron chi connectivity index (χ2n) is 7.17. The third-order valence-corrected chi connectivity index (χ3v) is 5.72. The summed E-state index contributed by atoms with van der Waals surface area (Å²) >= 11 is 1.52. The standard InChI is InChI=1S/C24H23N3O2S/c1-17-9-11-19(12-10-17)26-22(28)14-23-27-20(16-30-23)15-25-24(21-8-5-13-29-21)18-6-3-2-4-7-18/h2-13,16,24-25H,14-15H2,1H3,(H,26,28)/p+1/t24-/m0/s1. The van der Waals surface area contributed by atoms with Gasteiger partial charge in [-0.2, -0.15) is 0 Å². The summed E-state index contributed by atoms with van der Waals surface area (Å²) in [5.74, 6) is 0.857. The number of aryl methyl sites for hydroxylation is 1. The van der Waals surface area contributed by atoms with Crippen LogP contribution in [0.2, 0.25) is 0 Å². The number of nitrogens with zero attached hydrogens (tertiary/aromatic N) is 1. The predicted octanol–water partition coefficient (Wildman–Crippen LogP) is 4.08. The SMILES string of the molecule is Cc1ccc(NC(=O)Cc2nc(C[NH2+][C@@H](c3ccccc3)c3ccco3)cs2)cc1. The van der Waals surface area contributed by atoms with Crippen LogP contribution < -0.4 is 10.6 Å². The summed E-state index contributed by atoms with van der Waals surface area (Å²) in [6.45, 7) is 2.73. The number of carbonyl (C=O) groups is 1. The van der Waals surface area contributed by atoms with Gasteiger partial charge in [0.2, 0.25) is 5.91 Å². The number of anilines is 1. The molecule has 0 saturated carbocycles. The number of hydrogen-bond acceptors (Lipinski definition) is 4. The van der Waals surface area contributed by atoms with E-state index in [1.807, 2.05) is 66.9 Å². The van der Waals surface area contributed by atoms with E-state index in [0.717, 1.165) is 27.7 Å². The Bertz CT molecular complexity index is 1070. The number of aromatic nitrogens is 1. The molecule has 5 nitrogen and oxygen atoms in total. The second kappa shape index (κ2) is 9.52. The highest BCUT2D eigenvalue weighted by atomic mass is 32.1. The van der Waals surface area contributed by atoms with Gasteiger partial charge < -0.3 is 15.1 Å². The molecule has 0 unspecified atom stereocenters. The summed E-state index contributed by atoms with van der Waals surface area (Å²) in [6, 6.07) is 22.0. The summed E-state index contributed by atoms with van der Waals surface area (Å²) in [7, 11) is 0. The topological polar surface area (TPSA) is 71.7 Å². The molecule has 2 heterocycles. The Labute approximate surface area is 179 Å². The van der Waals surface area contributed by atoms with Gasteiger partial charge in [0, 0.05) is 16.6 Å². The monoisotopic (exact) mass is 418 g/mol. The Morgan fingerprint density at radius 2 is 1.90 bits per heavy atom. The molecule has 0 bridgehead atoms. The number of quaternary nitrogens is 1. The van der Waals surface area contributed by atoms with Gasteiger partial charge in [-0.1, -0.05) is 48.0 Å². The number of hydrogen-bond donors (Lipinski definition) is 2. The third kappa shape index (κ3) is 5.23. The first kappa shape index (κ1) is 20.1. The Morgan fingerprint density at radius 3 is 2.63 bits per heavy atom. The van der Waals surface area contributed by atoms with E-state index in [-0.39, 0.29) is 18.4 Å². The van der Waals surface area contributed by atoms with E-state index >= 15 is 0 Å². The average molecular weight is 419 g/mol. The smallest absolute Gasteiger partial charge is 0.231 e. The molecule has 0 aliphatic rings. The van der Waals surface area contributed by atoms with Crippen molar-refractivity contribution >= 4 is 22.9 Å². The summed E-state index contributed by atoms with van der Waals surface area (Å²) in [4.78, 5) is 17.0. The van der Waals surface area contributed by atoms with Crippen LogP contribution in [0.1, 0.15) is 33.6 Å².